The summed E-state index contributed by atoms with van der Waals surface area (Å²) in [5, 5.41) is 10.8. The number of carbonyl (C=O) groups is 1. The molecule has 0 bridgehead atoms. The van der Waals surface area contributed by atoms with Gasteiger partial charge in [-0.25, -0.2) is 0 Å². The molecule has 7 heteroatoms. The SMILES string of the molecule is CCN(C(=O)Cn1cc([N+](=O)[O-])ccc1=O)C1CCCCC1. The smallest absolute Gasteiger partial charge is 0.285 e. The van der Waals surface area contributed by atoms with Gasteiger partial charge >= 0.3 is 0 Å². The molecule has 120 valence electrons. The fourth-order valence-electron chi connectivity index (χ4n) is 3.02. The molecular weight excluding hydrogens is 286 g/mol. The van der Waals surface area contributed by atoms with Gasteiger partial charge in [-0.1, -0.05) is 19.3 Å². The third-order valence-electron chi connectivity index (χ3n) is 4.16. The highest BCUT2D eigenvalue weighted by atomic mass is 16.6. The van der Waals surface area contributed by atoms with E-state index in [1.165, 1.54) is 6.42 Å². The minimum Gasteiger partial charge on any atom is -0.338 e. The van der Waals surface area contributed by atoms with Gasteiger partial charge in [-0.3, -0.25) is 24.3 Å². The summed E-state index contributed by atoms with van der Waals surface area (Å²) in [6.45, 7) is 2.36. The minimum atomic E-state index is -0.570. The molecule has 1 aromatic heterocycles. The number of likely N-dealkylation sites (N-methyl/N-ethyl adjacent to an activating group) is 1. The van der Waals surface area contributed by atoms with E-state index in [-0.39, 0.29) is 24.2 Å². The Hall–Kier alpha value is -2.18. The summed E-state index contributed by atoms with van der Waals surface area (Å²) in [6.07, 6.45) is 6.55. The van der Waals surface area contributed by atoms with Crippen LogP contribution in [-0.2, 0) is 11.3 Å². The van der Waals surface area contributed by atoms with Crippen LogP contribution >= 0.6 is 0 Å². The second-order valence-electron chi connectivity index (χ2n) is 5.58. The van der Waals surface area contributed by atoms with Gasteiger partial charge in [0.1, 0.15) is 6.54 Å². The van der Waals surface area contributed by atoms with Crippen molar-refractivity contribution in [2.24, 2.45) is 0 Å². The van der Waals surface area contributed by atoms with Crippen molar-refractivity contribution in [1.82, 2.24) is 9.47 Å². The Bertz CT molecular complexity index is 605. The van der Waals surface area contributed by atoms with Crippen LogP contribution in [0.3, 0.4) is 0 Å². The first-order valence-electron chi connectivity index (χ1n) is 7.67. The maximum Gasteiger partial charge on any atom is 0.285 e. The van der Waals surface area contributed by atoms with E-state index in [9.17, 15) is 19.7 Å². The van der Waals surface area contributed by atoms with Gasteiger partial charge in [0.2, 0.25) is 5.91 Å². The van der Waals surface area contributed by atoms with Crippen molar-refractivity contribution in [2.75, 3.05) is 6.54 Å². The predicted octanol–water partition coefficient (Wildman–Crippen LogP) is 1.94. The van der Waals surface area contributed by atoms with Gasteiger partial charge in [0.15, 0.2) is 0 Å². The average Bonchev–Trinajstić information content (AvgIpc) is 2.51. The van der Waals surface area contributed by atoms with Crippen molar-refractivity contribution in [3.05, 3.63) is 38.8 Å². The number of rotatable bonds is 5. The van der Waals surface area contributed by atoms with E-state index in [1.54, 1.807) is 4.90 Å². The van der Waals surface area contributed by atoms with Crippen LogP contribution < -0.4 is 5.56 Å². The van der Waals surface area contributed by atoms with Gasteiger partial charge in [0, 0.05) is 24.7 Å². The molecule has 0 aliphatic heterocycles. The maximum atomic E-state index is 12.5. The van der Waals surface area contributed by atoms with E-state index in [4.69, 9.17) is 0 Å². The number of nitro groups is 1. The molecule has 0 N–H and O–H groups in total. The molecule has 1 aliphatic rings. The Morgan fingerprint density at radius 2 is 2.05 bits per heavy atom. The normalized spacial score (nSPS) is 15.5. The maximum absolute atomic E-state index is 12.5. The zero-order chi connectivity index (χ0) is 16.1. The van der Waals surface area contributed by atoms with Gasteiger partial charge in [-0.2, -0.15) is 0 Å². The van der Waals surface area contributed by atoms with Gasteiger partial charge in [-0.05, 0) is 19.8 Å². The zero-order valence-corrected chi connectivity index (χ0v) is 12.7. The molecule has 0 radical (unpaired) electrons. The quantitative estimate of drug-likeness (QED) is 0.614. The molecule has 1 heterocycles. The largest absolute Gasteiger partial charge is 0.338 e. The van der Waals surface area contributed by atoms with Crippen molar-refractivity contribution >= 4 is 11.6 Å². The number of pyridine rings is 1. The van der Waals surface area contributed by atoms with Crippen molar-refractivity contribution < 1.29 is 9.72 Å². The standard InChI is InChI=1S/C15H21N3O4/c1-2-17(12-6-4-3-5-7-12)15(20)11-16-10-13(18(21)22)8-9-14(16)19/h8-10,12H,2-7,11H2,1H3. The molecule has 1 aliphatic carbocycles. The average molecular weight is 307 g/mol. The molecule has 0 atom stereocenters. The Morgan fingerprint density at radius 3 is 2.64 bits per heavy atom. The molecule has 0 unspecified atom stereocenters. The molecule has 22 heavy (non-hydrogen) atoms. The number of carbonyl (C=O) groups excluding carboxylic acids is 1. The third-order valence-corrected chi connectivity index (χ3v) is 4.16. The van der Waals surface area contributed by atoms with Crippen LogP contribution in [0.1, 0.15) is 39.0 Å². The van der Waals surface area contributed by atoms with Crippen LogP contribution in [0.2, 0.25) is 0 Å². The van der Waals surface area contributed by atoms with Crippen LogP contribution in [0.5, 0.6) is 0 Å². The molecular formula is C15H21N3O4. The summed E-state index contributed by atoms with van der Waals surface area (Å²) < 4.78 is 1.12. The van der Waals surface area contributed by atoms with Gasteiger partial charge < -0.3 is 4.90 Å². The molecule has 0 saturated heterocycles. The second-order valence-corrected chi connectivity index (χ2v) is 5.58. The summed E-state index contributed by atoms with van der Waals surface area (Å²) in [4.78, 5) is 36.3. The summed E-state index contributed by atoms with van der Waals surface area (Å²) in [6, 6.07) is 2.50. The Balaban J connectivity index is 2.14. The van der Waals surface area contributed by atoms with Crippen molar-refractivity contribution in [3.63, 3.8) is 0 Å². The lowest BCUT2D eigenvalue weighted by molar-refractivity contribution is -0.385. The number of hydrogen-bond acceptors (Lipinski definition) is 4. The van der Waals surface area contributed by atoms with E-state index in [0.717, 1.165) is 48.6 Å². The van der Waals surface area contributed by atoms with E-state index >= 15 is 0 Å². The summed E-state index contributed by atoms with van der Waals surface area (Å²) in [5.74, 6) is -0.156. The minimum absolute atomic E-state index is 0.148. The molecule has 7 nitrogen and oxygen atoms in total. The van der Waals surface area contributed by atoms with Crippen molar-refractivity contribution in [2.45, 2.75) is 51.6 Å². The van der Waals surface area contributed by atoms with E-state index in [0.29, 0.717) is 6.54 Å². The first-order valence-corrected chi connectivity index (χ1v) is 7.67. The highest BCUT2D eigenvalue weighted by Gasteiger charge is 2.24. The molecule has 1 saturated carbocycles. The molecule has 1 aromatic rings. The first-order chi connectivity index (χ1) is 10.5. The van der Waals surface area contributed by atoms with Gasteiger partial charge in [-0.15, -0.1) is 0 Å². The molecule has 0 aromatic carbocycles. The first kappa shape index (κ1) is 16.2. The fraction of sp³-hybridized carbons (Fsp3) is 0.600. The summed E-state index contributed by atoms with van der Waals surface area (Å²) in [7, 11) is 0. The van der Waals surface area contributed by atoms with E-state index < -0.39 is 10.5 Å². The van der Waals surface area contributed by atoms with Crippen LogP contribution in [-0.4, -0.2) is 32.9 Å². The molecule has 1 amide bonds. The van der Waals surface area contributed by atoms with Crippen molar-refractivity contribution in [3.8, 4) is 0 Å². The van der Waals surface area contributed by atoms with E-state index in [1.807, 2.05) is 6.92 Å². The van der Waals surface area contributed by atoms with Crippen LogP contribution in [0.15, 0.2) is 23.1 Å². The van der Waals surface area contributed by atoms with Crippen LogP contribution in [0.4, 0.5) is 5.69 Å². The van der Waals surface area contributed by atoms with Crippen molar-refractivity contribution in [1.29, 1.82) is 0 Å². The molecule has 0 spiro atoms. The lowest BCUT2D eigenvalue weighted by Gasteiger charge is -2.33. The Morgan fingerprint density at radius 1 is 1.36 bits per heavy atom. The Labute approximate surface area is 128 Å². The topological polar surface area (TPSA) is 85.4 Å². The summed E-state index contributed by atoms with van der Waals surface area (Å²) >= 11 is 0. The van der Waals surface area contributed by atoms with Gasteiger partial charge in [0.05, 0.1) is 11.1 Å². The number of aromatic nitrogens is 1. The highest BCUT2D eigenvalue weighted by Crippen LogP contribution is 2.22. The second kappa shape index (κ2) is 7.20. The highest BCUT2D eigenvalue weighted by molar-refractivity contribution is 5.76. The predicted molar refractivity (Wildman–Crippen MR) is 81.6 cm³/mol. The number of nitrogens with zero attached hydrogens (tertiary/aromatic N) is 3. The fourth-order valence-corrected chi connectivity index (χ4v) is 3.02. The lowest BCUT2D eigenvalue weighted by Crippen LogP contribution is -2.43. The van der Waals surface area contributed by atoms with Crippen LogP contribution in [0.25, 0.3) is 0 Å². The summed E-state index contributed by atoms with van der Waals surface area (Å²) in [5.41, 5.74) is -0.591. The lowest BCUT2D eigenvalue weighted by atomic mass is 9.94. The molecule has 1 fully saturated rings. The Kier molecular flexibility index (Phi) is 5.30. The zero-order valence-electron chi connectivity index (χ0n) is 12.7. The monoisotopic (exact) mass is 307 g/mol. The number of hydrogen-bond donors (Lipinski definition) is 0. The number of amides is 1. The van der Waals surface area contributed by atoms with Crippen LogP contribution in [0, 0.1) is 10.1 Å². The molecule has 2 rings (SSSR count). The van der Waals surface area contributed by atoms with Gasteiger partial charge in [0.25, 0.3) is 11.2 Å². The third kappa shape index (κ3) is 3.72. The van der Waals surface area contributed by atoms with E-state index in [2.05, 4.69) is 0 Å².